The maximum atomic E-state index is 13.2. The van der Waals surface area contributed by atoms with Crippen LogP contribution in [-0.2, 0) is 16.1 Å². The topological polar surface area (TPSA) is 58.6 Å². The molecule has 1 N–H and O–H groups in total. The van der Waals surface area contributed by atoms with E-state index in [0.29, 0.717) is 17.3 Å². The number of carbonyl (C=O) groups is 2. The zero-order valence-electron chi connectivity index (χ0n) is 18.5. The number of ether oxygens (including phenoxy) is 1. The molecule has 0 saturated heterocycles. The lowest BCUT2D eigenvalue weighted by molar-refractivity contribution is -0.142. The summed E-state index contributed by atoms with van der Waals surface area (Å²) in [5, 5.41) is 3.74. The van der Waals surface area contributed by atoms with Crippen LogP contribution in [-0.4, -0.2) is 35.4 Å². The van der Waals surface area contributed by atoms with Crippen molar-refractivity contribution in [3.05, 3.63) is 64.2 Å². The van der Waals surface area contributed by atoms with E-state index >= 15 is 0 Å². The zero-order valence-corrected chi connectivity index (χ0v) is 19.2. The predicted molar refractivity (Wildman–Crippen MR) is 123 cm³/mol. The van der Waals surface area contributed by atoms with Gasteiger partial charge in [-0.1, -0.05) is 48.7 Å². The van der Waals surface area contributed by atoms with E-state index in [-0.39, 0.29) is 24.5 Å². The van der Waals surface area contributed by atoms with Crippen LogP contribution in [0.1, 0.15) is 49.3 Å². The highest BCUT2D eigenvalue weighted by molar-refractivity contribution is 6.30. The fourth-order valence-electron chi connectivity index (χ4n) is 3.85. The van der Waals surface area contributed by atoms with Crippen molar-refractivity contribution in [3.8, 4) is 5.75 Å². The molecule has 2 aromatic carbocycles. The Bertz CT molecular complexity index is 907. The van der Waals surface area contributed by atoms with Crippen LogP contribution < -0.4 is 10.1 Å². The maximum Gasteiger partial charge on any atom is 0.261 e. The third kappa shape index (κ3) is 6.47. The molecule has 2 amide bonds. The van der Waals surface area contributed by atoms with Crippen molar-refractivity contribution >= 4 is 23.4 Å². The molecule has 1 aliphatic carbocycles. The SMILES string of the molecule is Cc1ccc(C)c(OCC(=O)N(Cc2ccc(Cl)cc2)[C@H](C)C(=O)NC2CCCC2)c1. The third-order valence-electron chi connectivity index (χ3n) is 5.83. The number of rotatable bonds is 8. The van der Waals surface area contributed by atoms with Gasteiger partial charge in [0.25, 0.3) is 5.91 Å². The van der Waals surface area contributed by atoms with Crippen LogP contribution in [0.3, 0.4) is 0 Å². The van der Waals surface area contributed by atoms with E-state index in [1.807, 2.05) is 44.2 Å². The Morgan fingerprint density at radius 2 is 1.81 bits per heavy atom. The van der Waals surface area contributed by atoms with Crippen molar-refractivity contribution in [2.45, 2.75) is 65.1 Å². The molecule has 1 aliphatic rings. The summed E-state index contributed by atoms with van der Waals surface area (Å²) in [6, 6.07) is 12.8. The van der Waals surface area contributed by atoms with Crippen molar-refractivity contribution in [1.29, 1.82) is 0 Å². The van der Waals surface area contributed by atoms with Crippen LogP contribution in [0.4, 0.5) is 0 Å². The molecule has 0 heterocycles. The number of benzene rings is 2. The summed E-state index contributed by atoms with van der Waals surface area (Å²) < 4.78 is 5.84. The quantitative estimate of drug-likeness (QED) is 0.638. The van der Waals surface area contributed by atoms with Crippen LogP contribution in [0, 0.1) is 13.8 Å². The van der Waals surface area contributed by atoms with Gasteiger partial charge in [-0.3, -0.25) is 9.59 Å². The smallest absolute Gasteiger partial charge is 0.261 e. The van der Waals surface area contributed by atoms with Crippen molar-refractivity contribution in [1.82, 2.24) is 10.2 Å². The first-order chi connectivity index (χ1) is 14.8. The van der Waals surface area contributed by atoms with E-state index in [4.69, 9.17) is 16.3 Å². The summed E-state index contributed by atoms with van der Waals surface area (Å²) in [6.45, 7) is 5.89. The van der Waals surface area contributed by atoms with Gasteiger partial charge in [-0.15, -0.1) is 0 Å². The minimum Gasteiger partial charge on any atom is -0.483 e. The molecule has 1 fully saturated rings. The van der Waals surface area contributed by atoms with E-state index in [9.17, 15) is 9.59 Å². The first-order valence-electron chi connectivity index (χ1n) is 10.9. The lowest BCUT2D eigenvalue weighted by atomic mass is 10.1. The molecular formula is C25H31ClN2O3. The van der Waals surface area contributed by atoms with E-state index in [2.05, 4.69) is 5.32 Å². The zero-order chi connectivity index (χ0) is 22.4. The average Bonchev–Trinajstić information content (AvgIpc) is 3.26. The van der Waals surface area contributed by atoms with Crippen LogP contribution in [0.15, 0.2) is 42.5 Å². The lowest BCUT2D eigenvalue weighted by Gasteiger charge is -2.29. The molecule has 0 radical (unpaired) electrons. The minimum atomic E-state index is -0.606. The largest absolute Gasteiger partial charge is 0.483 e. The Morgan fingerprint density at radius 1 is 1.13 bits per heavy atom. The van der Waals surface area contributed by atoms with Gasteiger partial charge in [0.15, 0.2) is 6.61 Å². The first-order valence-corrected chi connectivity index (χ1v) is 11.3. The molecule has 0 spiro atoms. The van der Waals surface area contributed by atoms with Crippen LogP contribution in [0.2, 0.25) is 5.02 Å². The van der Waals surface area contributed by atoms with Crippen molar-refractivity contribution in [3.63, 3.8) is 0 Å². The molecule has 1 atom stereocenters. The van der Waals surface area contributed by atoms with Crippen molar-refractivity contribution in [2.75, 3.05) is 6.61 Å². The fraction of sp³-hybridized carbons (Fsp3) is 0.440. The van der Waals surface area contributed by atoms with Crippen molar-refractivity contribution < 1.29 is 14.3 Å². The molecular weight excluding hydrogens is 412 g/mol. The highest BCUT2D eigenvalue weighted by Gasteiger charge is 2.28. The van der Waals surface area contributed by atoms with Crippen LogP contribution >= 0.6 is 11.6 Å². The second-order valence-electron chi connectivity index (χ2n) is 8.37. The van der Waals surface area contributed by atoms with Gasteiger partial charge >= 0.3 is 0 Å². The Hall–Kier alpha value is -2.53. The van der Waals surface area contributed by atoms with E-state index in [1.54, 1.807) is 24.0 Å². The van der Waals surface area contributed by atoms with Gasteiger partial charge in [-0.2, -0.15) is 0 Å². The van der Waals surface area contributed by atoms with Crippen molar-refractivity contribution in [2.24, 2.45) is 0 Å². The normalized spacial score (nSPS) is 14.8. The van der Waals surface area contributed by atoms with Gasteiger partial charge < -0.3 is 15.0 Å². The number of hydrogen-bond donors (Lipinski definition) is 1. The lowest BCUT2D eigenvalue weighted by Crippen LogP contribution is -2.50. The van der Waals surface area contributed by atoms with E-state index < -0.39 is 6.04 Å². The van der Waals surface area contributed by atoms with Gasteiger partial charge in [-0.05, 0) is 68.5 Å². The van der Waals surface area contributed by atoms with Crippen LogP contribution in [0.5, 0.6) is 5.75 Å². The maximum absolute atomic E-state index is 13.2. The predicted octanol–water partition coefficient (Wildman–Crippen LogP) is 4.81. The summed E-state index contributed by atoms with van der Waals surface area (Å²) in [5.74, 6) is 0.328. The fourth-order valence-corrected chi connectivity index (χ4v) is 3.97. The average molecular weight is 443 g/mol. The standard InChI is InChI=1S/C25H31ClN2O3/c1-17-8-9-18(2)23(14-17)31-16-24(29)28(15-20-10-12-21(26)13-11-20)19(3)25(30)27-22-6-4-5-7-22/h8-14,19,22H,4-7,15-16H2,1-3H3,(H,27,30)/t19-/m1/s1. The Balaban J connectivity index is 1.72. The number of nitrogens with one attached hydrogen (secondary N) is 1. The van der Waals surface area contributed by atoms with E-state index in [0.717, 1.165) is 42.4 Å². The van der Waals surface area contributed by atoms with Gasteiger partial charge in [0.2, 0.25) is 5.91 Å². The Morgan fingerprint density at radius 3 is 2.48 bits per heavy atom. The monoisotopic (exact) mass is 442 g/mol. The molecule has 31 heavy (non-hydrogen) atoms. The van der Waals surface area contributed by atoms with Gasteiger partial charge in [0.05, 0.1) is 0 Å². The molecule has 5 nitrogen and oxygen atoms in total. The molecule has 1 saturated carbocycles. The molecule has 0 aromatic heterocycles. The summed E-state index contributed by atoms with van der Waals surface area (Å²) in [5.41, 5.74) is 2.94. The highest BCUT2D eigenvalue weighted by Crippen LogP contribution is 2.21. The van der Waals surface area contributed by atoms with Gasteiger partial charge in [0.1, 0.15) is 11.8 Å². The molecule has 166 valence electrons. The number of carbonyl (C=O) groups excluding carboxylic acids is 2. The molecule has 0 aliphatic heterocycles. The van der Waals surface area contributed by atoms with Crippen LogP contribution in [0.25, 0.3) is 0 Å². The van der Waals surface area contributed by atoms with E-state index in [1.165, 1.54) is 0 Å². The summed E-state index contributed by atoms with van der Waals surface area (Å²) >= 11 is 6.00. The number of halogens is 1. The molecule has 0 unspecified atom stereocenters. The molecule has 3 rings (SSSR count). The molecule has 0 bridgehead atoms. The number of nitrogens with zero attached hydrogens (tertiary/aromatic N) is 1. The second kappa shape index (κ2) is 10.7. The number of hydrogen-bond acceptors (Lipinski definition) is 3. The summed E-state index contributed by atoms with van der Waals surface area (Å²) in [6.07, 6.45) is 4.27. The van der Waals surface area contributed by atoms with Gasteiger partial charge in [0, 0.05) is 17.6 Å². The Labute approximate surface area is 189 Å². The summed E-state index contributed by atoms with van der Waals surface area (Å²) in [7, 11) is 0. The second-order valence-corrected chi connectivity index (χ2v) is 8.81. The number of amides is 2. The molecule has 6 heteroatoms. The van der Waals surface area contributed by atoms with Gasteiger partial charge in [-0.25, -0.2) is 0 Å². The molecule has 2 aromatic rings. The Kier molecular flexibility index (Phi) is 7.97. The summed E-state index contributed by atoms with van der Waals surface area (Å²) in [4.78, 5) is 27.6. The minimum absolute atomic E-state index is 0.124. The number of aryl methyl sites for hydroxylation is 2. The third-order valence-corrected chi connectivity index (χ3v) is 6.08. The highest BCUT2D eigenvalue weighted by atomic mass is 35.5. The first kappa shape index (κ1) is 23.1.